The molecule has 0 bridgehead atoms. The quantitative estimate of drug-likeness (QED) is 0.784. The van der Waals surface area contributed by atoms with Gasteiger partial charge in [0.25, 0.3) is 0 Å². The van der Waals surface area contributed by atoms with Gasteiger partial charge >= 0.3 is 0 Å². The molecular weight excluding hydrogens is 246 g/mol. The maximum Gasteiger partial charge on any atom is 0.228 e. The molecule has 2 aliphatic heterocycles. The number of hydrogen-bond acceptors (Lipinski definition) is 3. The third kappa shape index (κ3) is 1.95. The molecule has 1 saturated heterocycles. The summed E-state index contributed by atoms with van der Waals surface area (Å²) in [5, 5.41) is 2.74. The number of anilines is 2. The second-order valence-corrected chi connectivity index (χ2v) is 4.87. The highest BCUT2D eigenvalue weighted by Gasteiger charge is 2.34. The van der Waals surface area contributed by atoms with Crippen LogP contribution in [0, 0.1) is 5.92 Å². The van der Waals surface area contributed by atoms with Crippen LogP contribution in [0.2, 0.25) is 0 Å². The fourth-order valence-corrected chi connectivity index (χ4v) is 2.53. The monoisotopic (exact) mass is 259 g/mol. The molecule has 1 aromatic carbocycles. The minimum atomic E-state index is -0.450. The van der Waals surface area contributed by atoms with E-state index in [1.54, 1.807) is 17.0 Å². The van der Waals surface area contributed by atoms with E-state index in [2.05, 4.69) is 5.32 Å². The molecule has 0 aliphatic carbocycles. The molecule has 1 aromatic rings. The number of carbonyl (C=O) groups excluding carboxylic acids is 3. The zero-order chi connectivity index (χ0) is 13.6. The van der Waals surface area contributed by atoms with Gasteiger partial charge in [0.15, 0.2) is 0 Å². The summed E-state index contributed by atoms with van der Waals surface area (Å²) in [5.74, 6) is -1.04. The number of carbonyl (C=O) groups is 3. The molecule has 2 aliphatic rings. The van der Waals surface area contributed by atoms with Gasteiger partial charge in [-0.05, 0) is 23.8 Å². The lowest BCUT2D eigenvalue weighted by Crippen LogP contribution is -2.28. The van der Waals surface area contributed by atoms with Gasteiger partial charge in [-0.3, -0.25) is 14.4 Å². The average molecular weight is 259 g/mol. The molecule has 3 rings (SSSR count). The summed E-state index contributed by atoms with van der Waals surface area (Å²) in [6, 6.07) is 5.36. The SMILES string of the molecule is NC(=O)C1CC(=O)N(c2ccc3c(c2)CC(=O)N3)C1. The summed E-state index contributed by atoms with van der Waals surface area (Å²) in [6.07, 6.45) is 0.480. The lowest BCUT2D eigenvalue weighted by atomic mass is 10.1. The molecular formula is C13H13N3O3. The van der Waals surface area contributed by atoms with Gasteiger partial charge in [0.05, 0.1) is 12.3 Å². The van der Waals surface area contributed by atoms with E-state index in [0.717, 1.165) is 11.3 Å². The fourth-order valence-electron chi connectivity index (χ4n) is 2.53. The lowest BCUT2D eigenvalue weighted by molar-refractivity contribution is -0.123. The first-order chi connectivity index (χ1) is 9.04. The first kappa shape index (κ1) is 11.7. The highest BCUT2D eigenvalue weighted by molar-refractivity contribution is 6.02. The molecule has 3 N–H and O–H groups in total. The zero-order valence-electron chi connectivity index (χ0n) is 10.2. The van der Waals surface area contributed by atoms with Crippen molar-refractivity contribution in [2.75, 3.05) is 16.8 Å². The van der Waals surface area contributed by atoms with Crippen molar-refractivity contribution in [2.45, 2.75) is 12.8 Å². The number of rotatable bonds is 2. The number of nitrogens with zero attached hydrogens (tertiary/aromatic N) is 1. The molecule has 0 aromatic heterocycles. The molecule has 0 spiro atoms. The predicted octanol–water partition coefficient (Wildman–Crippen LogP) is 0.0194. The predicted molar refractivity (Wildman–Crippen MR) is 68.4 cm³/mol. The second kappa shape index (κ2) is 4.08. The Morgan fingerprint density at radius 1 is 1.37 bits per heavy atom. The van der Waals surface area contributed by atoms with Gasteiger partial charge in [0.2, 0.25) is 17.7 Å². The van der Waals surface area contributed by atoms with E-state index >= 15 is 0 Å². The number of hydrogen-bond donors (Lipinski definition) is 2. The highest BCUT2D eigenvalue weighted by Crippen LogP contribution is 2.31. The topological polar surface area (TPSA) is 92.5 Å². The van der Waals surface area contributed by atoms with Crippen molar-refractivity contribution in [1.29, 1.82) is 0 Å². The number of nitrogens with one attached hydrogen (secondary N) is 1. The number of nitrogens with two attached hydrogens (primary N) is 1. The van der Waals surface area contributed by atoms with Crippen LogP contribution in [0.5, 0.6) is 0 Å². The van der Waals surface area contributed by atoms with Crippen molar-refractivity contribution in [3.8, 4) is 0 Å². The van der Waals surface area contributed by atoms with E-state index < -0.39 is 11.8 Å². The number of fused-ring (bicyclic) bond motifs is 1. The fraction of sp³-hybridized carbons (Fsp3) is 0.308. The van der Waals surface area contributed by atoms with Crippen LogP contribution in [0.3, 0.4) is 0 Å². The summed E-state index contributed by atoms with van der Waals surface area (Å²) in [4.78, 5) is 35.9. The van der Waals surface area contributed by atoms with Crippen LogP contribution in [-0.4, -0.2) is 24.3 Å². The van der Waals surface area contributed by atoms with Crippen molar-refractivity contribution in [1.82, 2.24) is 0 Å². The van der Waals surface area contributed by atoms with E-state index in [-0.39, 0.29) is 18.2 Å². The van der Waals surface area contributed by atoms with Gasteiger partial charge in [-0.15, -0.1) is 0 Å². The Morgan fingerprint density at radius 3 is 2.84 bits per heavy atom. The molecule has 0 radical (unpaired) electrons. The third-order valence-electron chi connectivity index (χ3n) is 3.55. The molecule has 0 saturated carbocycles. The molecule has 2 heterocycles. The van der Waals surface area contributed by atoms with E-state index in [4.69, 9.17) is 5.73 Å². The maximum absolute atomic E-state index is 11.9. The molecule has 1 atom stereocenters. The average Bonchev–Trinajstić information content (AvgIpc) is 2.90. The van der Waals surface area contributed by atoms with Gasteiger partial charge in [-0.25, -0.2) is 0 Å². The summed E-state index contributed by atoms with van der Waals surface area (Å²) in [7, 11) is 0. The van der Waals surface area contributed by atoms with Crippen LogP contribution < -0.4 is 16.0 Å². The van der Waals surface area contributed by atoms with Crippen molar-refractivity contribution in [3.05, 3.63) is 23.8 Å². The largest absolute Gasteiger partial charge is 0.369 e. The molecule has 6 nitrogen and oxygen atoms in total. The van der Waals surface area contributed by atoms with Crippen molar-refractivity contribution < 1.29 is 14.4 Å². The minimum absolute atomic E-state index is 0.0464. The maximum atomic E-state index is 11.9. The normalized spacial score (nSPS) is 21.5. The van der Waals surface area contributed by atoms with E-state index in [9.17, 15) is 14.4 Å². The zero-order valence-corrected chi connectivity index (χ0v) is 10.2. The summed E-state index contributed by atoms with van der Waals surface area (Å²) in [5.41, 5.74) is 7.61. The highest BCUT2D eigenvalue weighted by atomic mass is 16.2. The van der Waals surface area contributed by atoms with Crippen LogP contribution in [0.25, 0.3) is 0 Å². The Kier molecular flexibility index (Phi) is 2.51. The van der Waals surface area contributed by atoms with Crippen molar-refractivity contribution >= 4 is 29.1 Å². The second-order valence-electron chi connectivity index (χ2n) is 4.87. The van der Waals surface area contributed by atoms with Crippen LogP contribution in [-0.2, 0) is 20.8 Å². The Balaban J connectivity index is 1.88. The van der Waals surface area contributed by atoms with E-state index in [0.29, 0.717) is 18.7 Å². The molecule has 3 amide bonds. The van der Waals surface area contributed by atoms with Gasteiger partial charge < -0.3 is 16.0 Å². The van der Waals surface area contributed by atoms with Gasteiger partial charge in [-0.2, -0.15) is 0 Å². The van der Waals surface area contributed by atoms with Crippen LogP contribution >= 0.6 is 0 Å². The first-order valence-corrected chi connectivity index (χ1v) is 6.07. The molecule has 1 fully saturated rings. The summed E-state index contributed by atoms with van der Waals surface area (Å²) in [6.45, 7) is 0.314. The van der Waals surface area contributed by atoms with E-state index in [1.165, 1.54) is 0 Å². The first-order valence-electron chi connectivity index (χ1n) is 6.07. The van der Waals surface area contributed by atoms with Crippen LogP contribution in [0.15, 0.2) is 18.2 Å². The number of amides is 3. The summed E-state index contributed by atoms with van der Waals surface area (Å²) < 4.78 is 0. The minimum Gasteiger partial charge on any atom is -0.369 e. The van der Waals surface area contributed by atoms with Gasteiger partial charge in [0.1, 0.15) is 0 Å². The third-order valence-corrected chi connectivity index (χ3v) is 3.55. The molecule has 19 heavy (non-hydrogen) atoms. The number of primary amides is 1. The van der Waals surface area contributed by atoms with Gasteiger partial charge in [-0.1, -0.05) is 0 Å². The van der Waals surface area contributed by atoms with Gasteiger partial charge in [0, 0.05) is 24.3 Å². The van der Waals surface area contributed by atoms with E-state index in [1.807, 2.05) is 6.07 Å². The van der Waals surface area contributed by atoms with Crippen LogP contribution in [0.4, 0.5) is 11.4 Å². The van der Waals surface area contributed by atoms with Crippen molar-refractivity contribution in [2.24, 2.45) is 11.7 Å². The Hall–Kier alpha value is -2.37. The molecule has 1 unspecified atom stereocenters. The Bertz CT molecular complexity index is 597. The Morgan fingerprint density at radius 2 is 2.16 bits per heavy atom. The number of benzene rings is 1. The molecule has 6 heteroatoms. The van der Waals surface area contributed by atoms with Crippen LogP contribution in [0.1, 0.15) is 12.0 Å². The van der Waals surface area contributed by atoms with Crippen molar-refractivity contribution in [3.63, 3.8) is 0 Å². The molecule has 98 valence electrons. The Labute approximate surface area is 109 Å². The standard InChI is InChI=1S/C13H13N3O3/c14-13(19)8-5-12(18)16(6-8)9-1-2-10-7(3-9)4-11(17)15-10/h1-3,8H,4-6H2,(H2,14,19)(H,15,17). The lowest BCUT2D eigenvalue weighted by Gasteiger charge is -2.17. The smallest absolute Gasteiger partial charge is 0.228 e. The summed E-state index contributed by atoms with van der Waals surface area (Å²) >= 11 is 0.